The van der Waals surface area contributed by atoms with Gasteiger partial charge in [-0.1, -0.05) is 53.5 Å². The van der Waals surface area contributed by atoms with Crippen molar-refractivity contribution in [2.75, 3.05) is 7.05 Å². The second-order valence-corrected chi connectivity index (χ2v) is 7.40. The van der Waals surface area contributed by atoms with E-state index in [0.29, 0.717) is 28.9 Å². The van der Waals surface area contributed by atoms with E-state index >= 15 is 0 Å². The van der Waals surface area contributed by atoms with Crippen LogP contribution in [0.15, 0.2) is 47.0 Å². The number of halogens is 1. The fraction of sp³-hybridized carbons (Fsp3) is 0.318. The summed E-state index contributed by atoms with van der Waals surface area (Å²) in [6, 6.07) is 13.2. The fourth-order valence-corrected chi connectivity index (χ4v) is 2.95. The molecule has 3 rings (SSSR count). The first-order chi connectivity index (χ1) is 13.9. The molecule has 0 bridgehead atoms. The second kappa shape index (κ2) is 9.09. The predicted molar refractivity (Wildman–Crippen MR) is 112 cm³/mol. The van der Waals surface area contributed by atoms with Crippen LogP contribution in [0.4, 0.5) is 0 Å². The molecule has 0 aliphatic heterocycles. The molecule has 0 radical (unpaired) electrons. The molecule has 0 unspecified atom stereocenters. The van der Waals surface area contributed by atoms with Gasteiger partial charge in [0.15, 0.2) is 6.10 Å². The third-order valence-electron chi connectivity index (χ3n) is 4.58. The van der Waals surface area contributed by atoms with E-state index in [1.807, 2.05) is 51.1 Å². The summed E-state index contributed by atoms with van der Waals surface area (Å²) in [5, 5.41) is 4.67. The summed E-state index contributed by atoms with van der Waals surface area (Å²) < 4.78 is 11.2. The van der Waals surface area contributed by atoms with Crippen molar-refractivity contribution in [3.63, 3.8) is 0 Å². The lowest BCUT2D eigenvalue weighted by atomic mass is 10.1. The number of carbonyl (C=O) groups is 1. The number of hydrogen-bond acceptors (Lipinski definition) is 5. The Hall–Kier alpha value is -2.86. The van der Waals surface area contributed by atoms with E-state index in [1.165, 1.54) is 4.90 Å². The van der Waals surface area contributed by atoms with E-state index in [0.717, 1.165) is 16.7 Å². The van der Waals surface area contributed by atoms with Gasteiger partial charge in [0.25, 0.3) is 5.91 Å². The van der Waals surface area contributed by atoms with Crippen LogP contribution in [0.2, 0.25) is 5.02 Å². The monoisotopic (exact) mass is 413 g/mol. The molecule has 0 spiro atoms. The molecule has 1 atom stereocenters. The summed E-state index contributed by atoms with van der Waals surface area (Å²) in [6.07, 6.45) is -0.0800. The molecule has 0 aliphatic rings. The van der Waals surface area contributed by atoms with E-state index in [-0.39, 0.29) is 12.5 Å². The van der Waals surface area contributed by atoms with Gasteiger partial charge in [-0.25, -0.2) is 0 Å². The van der Waals surface area contributed by atoms with Crippen molar-refractivity contribution in [2.45, 2.75) is 39.8 Å². The summed E-state index contributed by atoms with van der Waals surface area (Å²) in [5.74, 6) is 1.32. The lowest BCUT2D eigenvalue weighted by Gasteiger charge is -2.23. The molecule has 0 fully saturated rings. The van der Waals surface area contributed by atoms with Crippen LogP contribution >= 0.6 is 11.6 Å². The van der Waals surface area contributed by atoms with Crippen molar-refractivity contribution in [3.05, 3.63) is 64.5 Å². The van der Waals surface area contributed by atoms with Gasteiger partial charge in [0, 0.05) is 17.6 Å². The smallest absolute Gasteiger partial charge is 0.263 e. The molecule has 7 heteroatoms. The first-order valence-electron chi connectivity index (χ1n) is 9.44. The third kappa shape index (κ3) is 5.15. The normalized spacial score (nSPS) is 11.9. The molecule has 0 saturated heterocycles. The van der Waals surface area contributed by atoms with Gasteiger partial charge >= 0.3 is 0 Å². The minimum atomic E-state index is -0.611. The van der Waals surface area contributed by atoms with Crippen LogP contribution in [0.25, 0.3) is 11.4 Å². The predicted octanol–water partition coefficient (Wildman–Crippen LogP) is 4.82. The Labute approximate surface area is 175 Å². The number of carbonyl (C=O) groups excluding carboxylic acids is 1. The maximum Gasteiger partial charge on any atom is 0.263 e. The topological polar surface area (TPSA) is 68.5 Å². The minimum Gasteiger partial charge on any atom is -0.481 e. The first-order valence-corrected chi connectivity index (χ1v) is 9.82. The average Bonchev–Trinajstić information content (AvgIpc) is 3.17. The Bertz CT molecular complexity index is 985. The highest BCUT2D eigenvalue weighted by atomic mass is 35.5. The Morgan fingerprint density at radius 1 is 1.21 bits per heavy atom. The molecule has 1 heterocycles. The SMILES string of the molecule is CC[C@@H](Oc1ccc(Cl)c(C)c1)C(=O)N(C)Cc1nc(-c2ccc(C)cc2)no1. The molecule has 0 saturated carbocycles. The highest BCUT2D eigenvalue weighted by molar-refractivity contribution is 6.31. The van der Waals surface area contributed by atoms with Gasteiger partial charge in [0.2, 0.25) is 11.7 Å². The summed E-state index contributed by atoms with van der Waals surface area (Å²) in [7, 11) is 1.69. The van der Waals surface area contributed by atoms with Gasteiger partial charge in [0.05, 0.1) is 6.54 Å². The summed E-state index contributed by atoms with van der Waals surface area (Å²) >= 11 is 6.05. The number of ether oxygens (including phenoxy) is 1. The number of aryl methyl sites for hydroxylation is 2. The van der Waals surface area contributed by atoms with Crippen molar-refractivity contribution in [3.8, 4) is 17.1 Å². The molecular formula is C22H24ClN3O3. The Balaban J connectivity index is 1.65. The lowest BCUT2D eigenvalue weighted by Crippen LogP contribution is -2.39. The summed E-state index contributed by atoms with van der Waals surface area (Å²) in [5.41, 5.74) is 2.92. The number of likely N-dealkylation sites (N-methyl/N-ethyl adjacent to an activating group) is 1. The van der Waals surface area contributed by atoms with E-state index in [4.69, 9.17) is 20.9 Å². The van der Waals surface area contributed by atoms with Crippen molar-refractivity contribution in [2.24, 2.45) is 0 Å². The zero-order valence-electron chi connectivity index (χ0n) is 17.0. The highest BCUT2D eigenvalue weighted by Crippen LogP contribution is 2.23. The van der Waals surface area contributed by atoms with Gasteiger partial charge < -0.3 is 14.2 Å². The standard InChI is InChI=1S/C22H24ClN3O3/c1-5-19(28-17-10-11-18(23)15(3)12-17)22(27)26(4)13-20-24-21(25-29-20)16-8-6-14(2)7-9-16/h6-12,19H,5,13H2,1-4H3/t19-/m1/s1. The Morgan fingerprint density at radius 3 is 2.59 bits per heavy atom. The molecule has 3 aromatic rings. The van der Waals surface area contributed by atoms with Crippen LogP contribution in [0.5, 0.6) is 5.75 Å². The molecule has 1 amide bonds. The van der Waals surface area contributed by atoms with Crippen molar-refractivity contribution >= 4 is 17.5 Å². The second-order valence-electron chi connectivity index (χ2n) is 7.00. The van der Waals surface area contributed by atoms with E-state index in [1.54, 1.807) is 19.2 Å². The number of rotatable bonds is 7. The highest BCUT2D eigenvalue weighted by Gasteiger charge is 2.24. The van der Waals surface area contributed by atoms with Gasteiger partial charge in [-0.3, -0.25) is 4.79 Å². The fourth-order valence-electron chi connectivity index (χ4n) is 2.83. The zero-order chi connectivity index (χ0) is 21.0. The van der Waals surface area contributed by atoms with Crippen molar-refractivity contribution < 1.29 is 14.1 Å². The van der Waals surface area contributed by atoms with E-state index in [2.05, 4.69) is 10.1 Å². The maximum absolute atomic E-state index is 12.8. The van der Waals surface area contributed by atoms with Crippen LogP contribution in [-0.2, 0) is 11.3 Å². The number of nitrogens with zero attached hydrogens (tertiary/aromatic N) is 3. The van der Waals surface area contributed by atoms with Crippen LogP contribution in [0.1, 0.15) is 30.4 Å². The number of amides is 1. The first kappa shape index (κ1) is 20.9. The molecule has 1 aromatic heterocycles. The van der Waals surface area contributed by atoms with Crippen LogP contribution in [-0.4, -0.2) is 34.1 Å². The van der Waals surface area contributed by atoms with Crippen LogP contribution in [0.3, 0.4) is 0 Å². The molecule has 29 heavy (non-hydrogen) atoms. The van der Waals surface area contributed by atoms with Gasteiger partial charge in [-0.2, -0.15) is 4.98 Å². The Morgan fingerprint density at radius 2 is 1.93 bits per heavy atom. The van der Waals surface area contributed by atoms with E-state index in [9.17, 15) is 4.79 Å². The largest absolute Gasteiger partial charge is 0.481 e. The molecular weight excluding hydrogens is 390 g/mol. The van der Waals surface area contributed by atoms with E-state index < -0.39 is 6.10 Å². The average molecular weight is 414 g/mol. The number of hydrogen-bond donors (Lipinski definition) is 0. The van der Waals surface area contributed by atoms with Crippen molar-refractivity contribution in [1.82, 2.24) is 15.0 Å². The summed E-state index contributed by atoms with van der Waals surface area (Å²) in [4.78, 5) is 18.8. The van der Waals surface area contributed by atoms with Crippen molar-refractivity contribution in [1.29, 1.82) is 0 Å². The quantitative estimate of drug-likeness (QED) is 0.555. The zero-order valence-corrected chi connectivity index (χ0v) is 17.7. The molecule has 152 valence electrons. The van der Waals surface area contributed by atoms with Gasteiger partial charge in [0.1, 0.15) is 5.75 Å². The maximum atomic E-state index is 12.8. The Kier molecular flexibility index (Phi) is 6.54. The minimum absolute atomic E-state index is 0.157. The van der Waals surface area contributed by atoms with Crippen LogP contribution < -0.4 is 4.74 Å². The summed E-state index contributed by atoms with van der Waals surface area (Å²) in [6.45, 7) is 6.02. The molecule has 6 nitrogen and oxygen atoms in total. The van der Waals surface area contributed by atoms with Gasteiger partial charge in [-0.15, -0.1) is 0 Å². The lowest BCUT2D eigenvalue weighted by molar-refractivity contribution is -0.138. The number of benzene rings is 2. The molecule has 2 aromatic carbocycles. The van der Waals surface area contributed by atoms with Gasteiger partial charge in [-0.05, 0) is 44.0 Å². The molecule has 0 aliphatic carbocycles. The van der Waals surface area contributed by atoms with Crippen LogP contribution in [0, 0.1) is 13.8 Å². The molecule has 0 N–H and O–H groups in total. The number of aromatic nitrogens is 2. The third-order valence-corrected chi connectivity index (χ3v) is 5.00.